The maximum Gasteiger partial charge on any atom is 0.306 e. The van der Waals surface area contributed by atoms with Crippen LogP contribution in [0.1, 0.15) is 43.5 Å². The molecule has 0 bridgehead atoms. The molecule has 2 unspecified atom stereocenters. The Morgan fingerprint density at radius 2 is 1.97 bits per heavy atom. The maximum atomic E-state index is 11.5. The van der Waals surface area contributed by atoms with Crippen molar-refractivity contribution in [2.75, 3.05) is 20.8 Å². The number of aryl methyl sites for hydroxylation is 1. The minimum Gasteiger partial charge on any atom is -0.489 e. The van der Waals surface area contributed by atoms with Gasteiger partial charge in [-0.05, 0) is 44.7 Å². The number of aromatic nitrogens is 3. The van der Waals surface area contributed by atoms with Crippen molar-refractivity contribution in [3.05, 3.63) is 41.6 Å². The fraction of sp³-hybridized carbons (Fsp3) is 0.478. The van der Waals surface area contributed by atoms with E-state index in [1.807, 2.05) is 6.92 Å². The molecule has 0 amide bonds. The zero-order valence-corrected chi connectivity index (χ0v) is 19.7. The van der Waals surface area contributed by atoms with Gasteiger partial charge in [-0.3, -0.25) is 4.79 Å². The van der Waals surface area contributed by atoms with E-state index in [0.29, 0.717) is 53.1 Å². The highest BCUT2D eigenvalue weighted by atomic mass is 16.5. The summed E-state index contributed by atoms with van der Waals surface area (Å²) < 4.78 is 16.9. The number of rotatable bonds is 9. The number of likely N-dealkylation sites (N-methyl/N-ethyl adjacent to an activating group) is 1. The summed E-state index contributed by atoms with van der Waals surface area (Å²) in [5.74, 6) is 6.16. The largest absolute Gasteiger partial charge is 0.489 e. The van der Waals surface area contributed by atoms with Crippen LogP contribution in [0.25, 0.3) is 5.70 Å². The lowest BCUT2D eigenvalue weighted by molar-refractivity contribution is -0.142. The van der Waals surface area contributed by atoms with E-state index < -0.39 is 5.97 Å². The van der Waals surface area contributed by atoms with Crippen LogP contribution in [0.2, 0.25) is 0 Å². The average Bonchev–Trinajstić information content (AvgIpc) is 3.06. The minimum absolute atomic E-state index is 0.0522. The SMILES string of the molecule is COc1cc(OC/C(=C(/N)c2ccc(OC3CCCCC(C(=O)O)C3)c(C)n2)N(C)N)ncn1. The second kappa shape index (κ2) is 11.5. The van der Waals surface area contributed by atoms with E-state index in [1.165, 1.54) is 18.4 Å². The lowest BCUT2D eigenvalue weighted by Crippen LogP contribution is -2.31. The Morgan fingerprint density at radius 1 is 1.24 bits per heavy atom. The van der Waals surface area contributed by atoms with Crippen molar-refractivity contribution >= 4 is 11.7 Å². The number of nitrogens with two attached hydrogens (primary N) is 2. The van der Waals surface area contributed by atoms with Gasteiger partial charge < -0.3 is 30.1 Å². The lowest BCUT2D eigenvalue weighted by atomic mass is 9.99. The van der Waals surface area contributed by atoms with Crippen LogP contribution in [-0.2, 0) is 4.79 Å². The number of carboxylic acids is 1. The third kappa shape index (κ3) is 6.47. The van der Waals surface area contributed by atoms with E-state index in [9.17, 15) is 9.90 Å². The van der Waals surface area contributed by atoms with Crippen molar-refractivity contribution in [3.63, 3.8) is 0 Å². The van der Waals surface area contributed by atoms with Crippen LogP contribution in [-0.4, -0.2) is 57.9 Å². The Labute approximate surface area is 198 Å². The molecular formula is C23H32N6O5. The summed E-state index contributed by atoms with van der Waals surface area (Å²) >= 11 is 0. The van der Waals surface area contributed by atoms with Crippen LogP contribution in [0.4, 0.5) is 0 Å². The van der Waals surface area contributed by atoms with Gasteiger partial charge in [0.1, 0.15) is 18.7 Å². The van der Waals surface area contributed by atoms with Crippen LogP contribution in [0.15, 0.2) is 30.2 Å². The zero-order valence-electron chi connectivity index (χ0n) is 19.7. The van der Waals surface area contributed by atoms with Gasteiger partial charge in [0.2, 0.25) is 11.8 Å². The van der Waals surface area contributed by atoms with Crippen LogP contribution >= 0.6 is 0 Å². The number of pyridine rings is 1. The number of methoxy groups -OCH3 is 1. The molecule has 0 spiro atoms. The molecular weight excluding hydrogens is 440 g/mol. The van der Waals surface area contributed by atoms with Gasteiger partial charge in [0.05, 0.1) is 48.0 Å². The van der Waals surface area contributed by atoms with E-state index in [0.717, 1.165) is 19.3 Å². The maximum absolute atomic E-state index is 11.5. The molecule has 11 heteroatoms. The van der Waals surface area contributed by atoms with Gasteiger partial charge >= 0.3 is 5.97 Å². The summed E-state index contributed by atoms with van der Waals surface area (Å²) in [5, 5.41) is 10.8. The Kier molecular flexibility index (Phi) is 8.47. The molecule has 2 heterocycles. The second-order valence-electron chi connectivity index (χ2n) is 8.23. The normalized spacial score (nSPS) is 18.9. The number of aliphatic carboxylic acids is 1. The van der Waals surface area contributed by atoms with Gasteiger partial charge in [0.25, 0.3) is 0 Å². The molecule has 0 aromatic carbocycles. The van der Waals surface area contributed by atoms with Crippen LogP contribution < -0.4 is 25.8 Å². The Hall–Kier alpha value is -3.60. The molecule has 5 N–H and O–H groups in total. The highest BCUT2D eigenvalue weighted by Gasteiger charge is 2.27. The number of hydrazine groups is 1. The van der Waals surface area contributed by atoms with Crippen molar-refractivity contribution in [3.8, 4) is 17.5 Å². The molecule has 11 nitrogen and oxygen atoms in total. The number of hydrogen-bond donors (Lipinski definition) is 3. The van der Waals surface area contributed by atoms with E-state index in [-0.39, 0.29) is 18.6 Å². The molecule has 1 fully saturated rings. The molecule has 0 saturated heterocycles. The van der Waals surface area contributed by atoms with Crippen LogP contribution in [0.3, 0.4) is 0 Å². The van der Waals surface area contributed by atoms with Crippen LogP contribution in [0, 0.1) is 12.8 Å². The predicted octanol–water partition coefficient (Wildman–Crippen LogP) is 2.11. The summed E-state index contributed by atoms with van der Waals surface area (Å²) in [6.07, 6.45) is 5.01. The fourth-order valence-electron chi connectivity index (χ4n) is 3.82. The average molecular weight is 473 g/mol. The van der Waals surface area contributed by atoms with Crippen molar-refractivity contribution < 1.29 is 24.1 Å². The zero-order chi connectivity index (χ0) is 24.7. The second-order valence-corrected chi connectivity index (χ2v) is 8.23. The summed E-state index contributed by atoms with van der Waals surface area (Å²) in [6.45, 7) is 1.88. The smallest absolute Gasteiger partial charge is 0.306 e. The van der Waals surface area contributed by atoms with Crippen molar-refractivity contribution in [2.24, 2.45) is 17.5 Å². The highest BCUT2D eigenvalue weighted by molar-refractivity contribution is 5.70. The van der Waals surface area contributed by atoms with E-state index in [2.05, 4.69) is 15.0 Å². The number of nitrogens with zero attached hydrogens (tertiary/aromatic N) is 4. The van der Waals surface area contributed by atoms with Gasteiger partial charge in [-0.25, -0.2) is 20.8 Å². The fourth-order valence-corrected chi connectivity index (χ4v) is 3.82. The Bertz CT molecular complexity index is 1030. The van der Waals surface area contributed by atoms with Crippen molar-refractivity contribution in [1.82, 2.24) is 20.0 Å². The first kappa shape index (κ1) is 25.0. The Balaban J connectivity index is 1.75. The molecule has 2 aromatic rings. The van der Waals surface area contributed by atoms with Gasteiger partial charge in [0, 0.05) is 7.05 Å². The molecule has 1 aliphatic rings. The van der Waals surface area contributed by atoms with Gasteiger partial charge in [-0.1, -0.05) is 6.42 Å². The highest BCUT2D eigenvalue weighted by Crippen LogP contribution is 2.29. The van der Waals surface area contributed by atoms with Gasteiger partial charge in [-0.2, -0.15) is 0 Å². The molecule has 2 atom stereocenters. The number of carboxylic acid groups (broad SMARTS) is 1. The third-order valence-corrected chi connectivity index (χ3v) is 5.75. The number of carbonyl (C=O) groups is 1. The van der Waals surface area contributed by atoms with E-state index in [1.54, 1.807) is 25.2 Å². The first-order valence-corrected chi connectivity index (χ1v) is 11.1. The van der Waals surface area contributed by atoms with Crippen molar-refractivity contribution in [1.29, 1.82) is 0 Å². The molecule has 3 rings (SSSR count). The molecule has 184 valence electrons. The lowest BCUT2D eigenvalue weighted by Gasteiger charge is -2.22. The molecule has 1 aliphatic carbocycles. The van der Waals surface area contributed by atoms with E-state index in [4.69, 9.17) is 25.8 Å². The topological polar surface area (TPSA) is 159 Å². The first-order chi connectivity index (χ1) is 16.3. The standard InChI is InChI=1S/C23H32N6O5/c1-14-19(34-16-7-5-4-6-15(10-16)23(30)31)9-8-17(28-14)22(24)18(29(2)25)12-33-21-11-20(32-3)26-13-27-21/h8-9,11,13,15-16H,4-7,10,12,24-25H2,1-3H3,(H,30,31)/b22-18-. The molecule has 1 saturated carbocycles. The Morgan fingerprint density at radius 3 is 2.65 bits per heavy atom. The van der Waals surface area contributed by atoms with Gasteiger partial charge in [-0.15, -0.1) is 0 Å². The number of ether oxygens (including phenoxy) is 3. The van der Waals surface area contributed by atoms with Crippen molar-refractivity contribution in [2.45, 2.75) is 45.1 Å². The van der Waals surface area contributed by atoms with E-state index >= 15 is 0 Å². The van der Waals surface area contributed by atoms with Crippen LogP contribution in [0.5, 0.6) is 17.5 Å². The number of hydrogen-bond acceptors (Lipinski definition) is 10. The summed E-state index contributed by atoms with van der Waals surface area (Å²) in [4.78, 5) is 24.1. The van der Waals surface area contributed by atoms with Gasteiger partial charge in [0.15, 0.2) is 0 Å². The molecule has 0 radical (unpaired) electrons. The first-order valence-electron chi connectivity index (χ1n) is 11.1. The molecule has 0 aliphatic heterocycles. The third-order valence-electron chi connectivity index (χ3n) is 5.75. The predicted molar refractivity (Wildman–Crippen MR) is 125 cm³/mol. The summed E-state index contributed by atoms with van der Waals surface area (Å²) in [5.41, 5.74) is 8.41. The summed E-state index contributed by atoms with van der Waals surface area (Å²) in [6, 6.07) is 5.11. The quantitative estimate of drug-likeness (QED) is 0.279. The monoisotopic (exact) mass is 472 g/mol. The molecule has 2 aromatic heterocycles. The summed E-state index contributed by atoms with van der Waals surface area (Å²) in [7, 11) is 3.16. The molecule has 34 heavy (non-hydrogen) atoms. The minimum atomic E-state index is -0.764.